The normalized spacial score (nSPS) is 12.8. The molecule has 0 bridgehead atoms. The Morgan fingerprint density at radius 2 is 1.63 bits per heavy atom. The Kier molecular flexibility index (Phi) is 6.73. The van der Waals surface area contributed by atoms with Gasteiger partial charge in [-0.3, -0.25) is 4.79 Å². The molecular formula is C20H25FN2O3S. The molecule has 0 aromatic heterocycles. The van der Waals surface area contributed by atoms with Crippen LogP contribution in [0.3, 0.4) is 0 Å². The number of halogens is 1. The number of aryl methyl sites for hydroxylation is 1. The van der Waals surface area contributed by atoms with Crippen LogP contribution in [0.4, 0.5) is 10.1 Å². The van der Waals surface area contributed by atoms with Gasteiger partial charge in [-0.15, -0.1) is 0 Å². The Hall–Kier alpha value is -2.25. The van der Waals surface area contributed by atoms with Gasteiger partial charge in [0, 0.05) is 12.7 Å². The third-order valence-electron chi connectivity index (χ3n) is 4.18. The minimum atomic E-state index is -3.85. The zero-order valence-electron chi connectivity index (χ0n) is 15.9. The number of rotatable bonds is 7. The highest BCUT2D eigenvalue weighted by Gasteiger charge is 2.29. The van der Waals surface area contributed by atoms with Gasteiger partial charge in [-0.2, -0.15) is 4.72 Å². The molecule has 1 atom stereocenters. The van der Waals surface area contributed by atoms with E-state index in [9.17, 15) is 17.6 Å². The molecule has 0 aliphatic heterocycles. The smallest absolute Gasteiger partial charge is 0.244 e. The fourth-order valence-corrected chi connectivity index (χ4v) is 3.87. The highest BCUT2D eigenvalue weighted by Crippen LogP contribution is 2.18. The molecule has 2 aromatic rings. The average molecular weight is 392 g/mol. The first-order valence-electron chi connectivity index (χ1n) is 8.72. The second kappa shape index (κ2) is 8.63. The van der Waals surface area contributed by atoms with Crippen LogP contribution >= 0.6 is 0 Å². The third-order valence-corrected chi connectivity index (χ3v) is 5.67. The van der Waals surface area contributed by atoms with E-state index < -0.39 is 27.8 Å². The van der Waals surface area contributed by atoms with Gasteiger partial charge in [-0.25, -0.2) is 12.8 Å². The maximum atomic E-state index is 13.1. The largest absolute Gasteiger partial charge is 0.314 e. The molecule has 0 saturated carbocycles. The first-order valence-corrected chi connectivity index (χ1v) is 10.2. The van der Waals surface area contributed by atoms with Crippen LogP contribution < -0.4 is 9.62 Å². The van der Waals surface area contributed by atoms with E-state index in [1.807, 2.05) is 20.8 Å². The van der Waals surface area contributed by atoms with Crippen LogP contribution in [0.15, 0.2) is 53.4 Å². The van der Waals surface area contributed by atoms with Gasteiger partial charge in [0.25, 0.3) is 0 Å². The molecule has 0 fully saturated rings. The van der Waals surface area contributed by atoms with Crippen molar-refractivity contribution in [2.75, 3.05) is 11.9 Å². The molecule has 146 valence electrons. The number of hydrogen-bond acceptors (Lipinski definition) is 3. The molecule has 0 heterocycles. The summed E-state index contributed by atoms with van der Waals surface area (Å²) in [7, 11) is -2.30. The summed E-state index contributed by atoms with van der Waals surface area (Å²) in [5.74, 6) is -0.703. The zero-order valence-corrected chi connectivity index (χ0v) is 16.8. The van der Waals surface area contributed by atoms with Gasteiger partial charge in [0.1, 0.15) is 11.9 Å². The molecule has 0 aliphatic rings. The second-order valence-electron chi connectivity index (χ2n) is 6.99. The number of likely N-dealkylation sites (N-methyl/N-ethyl adjacent to an activating group) is 1. The van der Waals surface area contributed by atoms with E-state index >= 15 is 0 Å². The quantitative estimate of drug-likeness (QED) is 0.784. The Morgan fingerprint density at radius 1 is 1.07 bits per heavy atom. The van der Waals surface area contributed by atoms with Crippen LogP contribution in [-0.4, -0.2) is 27.4 Å². The number of carbonyl (C=O) groups excluding carboxylic acids is 1. The summed E-state index contributed by atoms with van der Waals surface area (Å²) >= 11 is 0. The molecule has 0 radical (unpaired) electrons. The van der Waals surface area contributed by atoms with Crippen molar-refractivity contribution < 1.29 is 17.6 Å². The fourth-order valence-electron chi connectivity index (χ4n) is 2.67. The first-order chi connectivity index (χ1) is 12.6. The van der Waals surface area contributed by atoms with Crippen molar-refractivity contribution >= 4 is 21.6 Å². The van der Waals surface area contributed by atoms with E-state index in [-0.39, 0.29) is 10.8 Å². The summed E-state index contributed by atoms with van der Waals surface area (Å²) in [5, 5.41) is 0. The minimum Gasteiger partial charge on any atom is -0.314 e. The van der Waals surface area contributed by atoms with Gasteiger partial charge in [0.05, 0.1) is 4.90 Å². The standard InChI is InChI=1S/C20H25FN2O3S/c1-14(2)13-19(20(24)23(4)17-9-7-16(21)8-10-17)22-27(25,26)18-11-5-15(3)6-12-18/h5-12,14,19,22H,13H2,1-4H3. The highest BCUT2D eigenvalue weighted by atomic mass is 32.2. The lowest BCUT2D eigenvalue weighted by molar-refractivity contribution is -0.120. The van der Waals surface area contributed by atoms with Crippen molar-refractivity contribution in [3.8, 4) is 0 Å². The third kappa shape index (κ3) is 5.61. The molecule has 1 N–H and O–H groups in total. The van der Waals surface area contributed by atoms with Crippen molar-refractivity contribution in [2.24, 2.45) is 5.92 Å². The van der Waals surface area contributed by atoms with Gasteiger partial charge in [-0.1, -0.05) is 31.5 Å². The van der Waals surface area contributed by atoms with Crippen LogP contribution in [0.2, 0.25) is 0 Å². The Morgan fingerprint density at radius 3 is 2.15 bits per heavy atom. The number of nitrogens with one attached hydrogen (secondary N) is 1. The second-order valence-corrected chi connectivity index (χ2v) is 8.70. The lowest BCUT2D eigenvalue weighted by atomic mass is 10.0. The number of anilines is 1. The van der Waals surface area contributed by atoms with Gasteiger partial charge in [0.2, 0.25) is 15.9 Å². The number of amides is 1. The summed E-state index contributed by atoms with van der Waals surface area (Å²) in [6, 6.07) is 11.0. The van der Waals surface area contributed by atoms with Crippen molar-refractivity contribution in [3.63, 3.8) is 0 Å². The van der Waals surface area contributed by atoms with E-state index in [4.69, 9.17) is 0 Å². The number of benzene rings is 2. The van der Waals surface area contributed by atoms with Crippen LogP contribution in [0.1, 0.15) is 25.8 Å². The summed E-state index contributed by atoms with van der Waals surface area (Å²) in [6.45, 7) is 5.70. The Balaban J connectivity index is 2.27. The number of hydrogen-bond donors (Lipinski definition) is 1. The summed E-state index contributed by atoms with van der Waals surface area (Å²) < 4.78 is 41.1. The topological polar surface area (TPSA) is 66.5 Å². The van der Waals surface area contributed by atoms with Crippen LogP contribution in [0.25, 0.3) is 0 Å². The van der Waals surface area contributed by atoms with Crippen LogP contribution in [0.5, 0.6) is 0 Å². The average Bonchev–Trinajstić information content (AvgIpc) is 2.60. The predicted molar refractivity (Wildman–Crippen MR) is 105 cm³/mol. The maximum absolute atomic E-state index is 13.1. The van der Waals surface area contributed by atoms with Crippen molar-refractivity contribution in [1.82, 2.24) is 4.72 Å². The number of sulfonamides is 1. The molecule has 2 rings (SSSR count). The Bertz CT molecular complexity index is 878. The molecule has 1 amide bonds. The number of carbonyl (C=O) groups is 1. The molecule has 0 spiro atoms. The maximum Gasteiger partial charge on any atom is 0.244 e. The molecule has 2 aromatic carbocycles. The first kappa shape index (κ1) is 21.1. The zero-order chi connectivity index (χ0) is 20.2. The van der Waals surface area contributed by atoms with Crippen LogP contribution in [-0.2, 0) is 14.8 Å². The molecule has 1 unspecified atom stereocenters. The number of nitrogens with zero attached hydrogens (tertiary/aromatic N) is 1. The van der Waals surface area contributed by atoms with E-state index in [0.717, 1.165) is 5.56 Å². The SMILES string of the molecule is Cc1ccc(S(=O)(=O)NC(CC(C)C)C(=O)N(C)c2ccc(F)cc2)cc1. The minimum absolute atomic E-state index is 0.0984. The molecule has 0 saturated heterocycles. The van der Waals surface area contributed by atoms with E-state index in [0.29, 0.717) is 12.1 Å². The van der Waals surface area contributed by atoms with E-state index in [2.05, 4.69) is 4.72 Å². The van der Waals surface area contributed by atoms with Gasteiger partial charge >= 0.3 is 0 Å². The summed E-state index contributed by atoms with van der Waals surface area (Å²) in [5.41, 5.74) is 1.43. The predicted octanol–water partition coefficient (Wildman–Crippen LogP) is 3.49. The molecular weight excluding hydrogens is 367 g/mol. The van der Waals surface area contributed by atoms with Gasteiger partial charge in [0.15, 0.2) is 0 Å². The molecule has 27 heavy (non-hydrogen) atoms. The van der Waals surface area contributed by atoms with Crippen LogP contribution in [0, 0.1) is 18.7 Å². The van der Waals surface area contributed by atoms with Crippen molar-refractivity contribution in [1.29, 1.82) is 0 Å². The summed E-state index contributed by atoms with van der Waals surface area (Å²) in [4.78, 5) is 14.4. The van der Waals surface area contributed by atoms with E-state index in [1.165, 1.54) is 41.3 Å². The van der Waals surface area contributed by atoms with Crippen molar-refractivity contribution in [3.05, 3.63) is 59.9 Å². The molecule has 0 aliphatic carbocycles. The van der Waals surface area contributed by atoms with E-state index in [1.54, 1.807) is 19.2 Å². The lowest BCUT2D eigenvalue weighted by Gasteiger charge is -2.26. The van der Waals surface area contributed by atoms with Crippen molar-refractivity contribution in [2.45, 2.75) is 38.1 Å². The monoisotopic (exact) mass is 392 g/mol. The molecule has 7 heteroatoms. The Labute approximate surface area is 160 Å². The molecule has 5 nitrogen and oxygen atoms in total. The highest BCUT2D eigenvalue weighted by molar-refractivity contribution is 7.89. The lowest BCUT2D eigenvalue weighted by Crippen LogP contribution is -2.48. The fraction of sp³-hybridized carbons (Fsp3) is 0.350. The summed E-state index contributed by atoms with van der Waals surface area (Å²) in [6.07, 6.45) is 0.343. The van der Waals surface area contributed by atoms with Gasteiger partial charge in [-0.05, 0) is 55.7 Å². The van der Waals surface area contributed by atoms with Gasteiger partial charge < -0.3 is 4.90 Å².